The van der Waals surface area contributed by atoms with Crippen LogP contribution in [0.1, 0.15) is 56.0 Å². The summed E-state index contributed by atoms with van der Waals surface area (Å²) in [4.78, 5) is 21.8. The molecule has 3 rings (SSSR count). The minimum atomic E-state index is 0.163. The SMILES string of the molecule is CCNC(=NCc1ccc(C(=O)N2CCCCC2)cc1)N1CCSC(C)(C)C1. The molecule has 1 aromatic carbocycles. The number of carbonyl (C=O) groups is 1. The van der Waals surface area contributed by atoms with Crippen molar-refractivity contribution in [2.75, 3.05) is 38.5 Å². The van der Waals surface area contributed by atoms with Gasteiger partial charge < -0.3 is 15.1 Å². The van der Waals surface area contributed by atoms with Crippen LogP contribution in [0, 0.1) is 0 Å². The van der Waals surface area contributed by atoms with Crippen LogP contribution < -0.4 is 5.32 Å². The molecule has 0 aliphatic carbocycles. The summed E-state index contributed by atoms with van der Waals surface area (Å²) in [5.74, 6) is 2.28. The van der Waals surface area contributed by atoms with E-state index in [0.717, 1.165) is 68.4 Å². The Balaban J connectivity index is 1.63. The summed E-state index contributed by atoms with van der Waals surface area (Å²) in [7, 11) is 0. The van der Waals surface area contributed by atoms with Crippen molar-refractivity contribution in [3.05, 3.63) is 35.4 Å². The summed E-state index contributed by atoms with van der Waals surface area (Å²) in [5, 5.41) is 3.44. The number of benzene rings is 1. The monoisotopic (exact) mass is 402 g/mol. The van der Waals surface area contributed by atoms with Crippen LogP contribution in [0.2, 0.25) is 0 Å². The van der Waals surface area contributed by atoms with E-state index in [1.165, 1.54) is 6.42 Å². The molecule has 0 atom stereocenters. The lowest BCUT2D eigenvalue weighted by Gasteiger charge is -2.39. The van der Waals surface area contributed by atoms with Gasteiger partial charge in [-0.3, -0.25) is 4.79 Å². The molecule has 2 heterocycles. The molecule has 0 saturated carbocycles. The van der Waals surface area contributed by atoms with E-state index in [-0.39, 0.29) is 10.7 Å². The lowest BCUT2D eigenvalue weighted by Crippen LogP contribution is -2.50. The van der Waals surface area contributed by atoms with Gasteiger partial charge in [-0.25, -0.2) is 4.99 Å². The fourth-order valence-electron chi connectivity index (χ4n) is 3.82. The highest BCUT2D eigenvalue weighted by Gasteiger charge is 2.28. The van der Waals surface area contributed by atoms with Crippen LogP contribution in [0.4, 0.5) is 0 Å². The largest absolute Gasteiger partial charge is 0.357 e. The molecule has 0 unspecified atom stereocenters. The van der Waals surface area contributed by atoms with Crippen LogP contribution in [0.3, 0.4) is 0 Å². The third kappa shape index (κ3) is 5.66. The first-order valence-corrected chi connectivity index (χ1v) is 11.5. The smallest absolute Gasteiger partial charge is 0.253 e. The zero-order valence-corrected chi connectivity index (χ0v) is 18.4. The molecule has 6 heteroatoms. The van der Waals surface area contributed by atoms with Crippen molar-refractivity contribution in [2.45, 2.75) is 51.3 Å². The van der Waals surface area contributed by atoms with Crippen molar-refractivity contribution in [2.24, 2.45) is 4.99 Å². The molecule has 2 fully saturated rings. The van der Waals surface area contributed by atoms with E-state index in [0.29, 0.717) is 6.54 Å². The number of carbonyl (C=O) groups excluding carboxylic acids is 1. The molecule has 1 aromatic rings. The third-order valence-electron chi connectivity index (χ3n) is 5.32. The predicted octanol–water partition coefficient (Wildman–Crippen LogP) is 3.61. The summed E-state index contributed by atoms with van der Waals surface area (Å²) in [6, 6.07) is 7.99. The molecule has 0 radical (unpaired) electrons. The van der Waals surface area contributed by atoms with Crippen molar-refractivity contribution >= 4 is 23.6 Å². The van der Waals surface area contributed by atoms with Gasteiger partial charge in [0, 0.05) is 48.8 Å². The minimum absolute atomic E-state index is 0.163. The van der Waals surface area contributed by atoms with Gasteiger partial charge in [-0.05, 0) is 57.7 Å². The summed E-state index contributed by atoms with van der Waals surface area (Å²) < 4.78 is 0.255. The predicted molar refractivity (Wildman–Crippen MR) is 119 cm³/mol. The number of aliphatic imine (C=N–C) groups is 1. The highest BCUT2D eigenvalue weighted by Crippen LogP contribution is 2.29. The van der Waals surface area contributed by atoms with Crippen LogP contribution in [0.25, 0.3) is 0 Å². The van der Waals surface area contributed by atoms with Crippen LogP contribution in [-0.4, -0.2) is 64.9 Å². The van der Waals surface area contributed by atoms with Gasteiger partial charge in [-0.2, -0.15) is 11.8 Å². The number of nitrogens with one attached hydrogen (secondary N) is 1. The van der Waals surface area contributed by atoms with Gasteiger partial charge in [0.2, 0.25) is 0 Å². The number of hydrogen-bond donors (Lipinski definition) is 1. The highest BCUT2D eigenvalue weighted by atomic mass is 32.2. The number of guanidine groups is 1. The second-order valence-electron chi connectivity index (χ2n) is 8.25. The zero-order chi connectivity index (χ0) is 20.0. The number of rotatable bonds is 4. The Bertz CT molecular complexity index is 680. The van der Waals surface area contributed by atoms with Crippen molar-refractivity contribution in [1.82, 2.24) is 15.1 Å². The maximum absolute atomic E-state index is 12.6. The maximum Gasteiger partial charge on any atom is 0.253 e. The Morgan fingerprint density at radius 1 is 1.11 bits per heavy atom. The summed E-state index contributed by atoms with van der Waals surface area (Å²) >= 11 is 2.03. The first-order chi connectivity index (χ1) is 13.5. The molecule has 0 spiro atoms. The molecule has 5 nitrogen and oxygen atoms in total. The first kappa shape index (κ1) is 21.0. The van der Waals surface area contributed by atoms with E-state index in [1.54, 1.807) is 0 Å². The van der Waals surface area contributed by atoms with Gasteiger partial charge in [-0.1, -0.05) is 12.1 Å². The minimum Gasteiger partial charge on any atom is -0.357 e. The molecule has 2 aliphatic rings. The maximum atomic E-state index is 12.6. The molecule has 2 aliphatic heterocycles. The standard InChI is InChI=1S/C22H34N4OS/c1-4-23-21(26-14-15-28-22(2,3)17-26)24-16-18-8-10-19(11-9-18)20(27)25-12-6-5-7-13-25/h8-11H,4-7,12-17H2,1-3H3,(H,23,24). The Morgan fingerprint density at radius 2 is 1.82 bits per heavy atom. The van der Waals surface area contributed by atoms with Gasteiger partial charge >= 0.3 is 0 Å². The van der Waals surface area contributed by atoms with Crippen molar-refractivity contribution in [3.8, 4) is 0 Å². The fraction of sp³-hybridized carbons (Fsp3) is 0.636. The third-order valence-corrected chi connectivity index (χ3v) is 6.61. The first-order valence-electron chi connectivity index (χ1n) is 10.5. The molecule has 154 valence electrons. The average Bonchev–Trinajstić information content (AvgIpc) is 2.71. The molecule has 0 aromatic heterocycles. The van der Waals surface area contributed by atoms with Crippen molar-refractivity contribution in [3.63, 3.8) is 0 Å². The summed E-state index contributed by atoms with van der Waals surface area (Å²) in [5.41, 5.74) is 1.92. The number of thioether (sulfide) groups is 1. The number of amides is 1. The molecule has 1 N–H and O–H groups in total. The topological polar surface area (TPSA) is 47.9 Å². The van der Waals surface area contributed by atoms with Crippen LogP contribution in [0.5, 0.6) is 0 Å². The lowest BCUT2D eigenvalue weighted by molar-refractivity contribution is 0.0724. The van der Waals surface area contributed by atoms with Crippen molar-refractivity contribution in [1.29, 1.82) is 0 Å². The Kier molecular flexibility index (Phi) is 7.27. The molecule has 0 bridgehead atoms. The van der Waals surface area contributed by atoms with Gasteiger partial charge in [-0.15, -0.1) is 0 Å². The molecule has 28 heavy (non-hydrogen) atoms. The molecular formula is C22H34N4OS. The summed E-state index contributed by atoms with van der Waals surface area (Å²) in [6.45, 7) is 12.0. The van der Waals surface area contributed by atoms with Gasteiger partial charge in [0.05, 0.1) is 6.54 Å². The normalized spacial score (nSPS) is 20.2. The van der Waals surface area contributed by atoms with Gasteiger partial charge in [0.25, 0.3) is 5.91 Å². The number of piperidine rings is 1. The zero-order valence-electron chi connectivity index (χ0n) is 17.5. The Labute approximate surface area is 174 Å². The Hall–Kier alpha value is -1.69. The molecule has 2 saturated heterocycles. The summed E-state index contributed by atoms with van der Waals surface area (Å²) in [6.07, 6.45) is 3.48. The Morgan fingerprint density at radius 3 is 2.46 bits per heavy atom. The molecule has 1 amide bonds. The number of likely N-dealkylation sites (tertiary alicyclic amines) is 1. The highest BCUT2D eigenvalue weighted by molar-refractivity contribution is 8.00. The van der Waals surface area contributed by atoms with E-state index >= 15 is 0 Å². The van der Waals surface area contributed by atoms with Crippen LogP contribution in [0.15, 0.2) is 29.3 Å². The lowest BCUT2D eigenvalue weighted by atomic mass is 10.1. The second kappa shape index (κ2) is 9.68. The second-order valence-corrected chi connectivity index (χ2v) is 10.1. The molecular weight excluding hydrogens is 368 g/mol. The van der Waals surface area contributed by atoms with E-state index < -0.39 is 0 Å². The van der Waals surface area contributed by atoms with Crippen LogP contribution >= 0.6 is 11.8 Å². The van der Waals surface area contributed by atoms with E-state index in [1.807, 2.05) is 40.9 Å². The van der Waals surface area contributed by atoms with Crippen molar-refractivity contribution < 1.29 is 4.79 Å². The van der Waals surface area contributed by atoms with Crippen LogP contribution in [-0.2, 0) is 6.54 Å². The fourth-order valence-corrected chi connectivity index (χ4v) is 4.93. The van der Waals surface area contributed by atoms with E-state index in [2.05, 4.69) is 31.0 Å². The quantitative estimate of drug-likeness (QED) is 0.617. The number of hydrogen-bond acceptors (Lipinski definition) is 3. The number of nitrogens with zero attached hydrogens (tertiary/aromatic N) is 3. The van der Waals surface area contributed by atoms with Gasteiger partial charge in [0.15, 0.2) is 5.96 Å². The van der Waals surface area contributed by atoms with E-state index in [4.69, 9.17) is 4.99 Å². The van der Waals surface area contributed by atoms with Gasteiger partial charge in [0.1, 0.15) is 0 Å². The average molecular weight is 403 g/mol. The van der Waals surface area contributed by atoms with E-state index in [9.17, 15) is 4.79 Å².